The van der Waals surface area contributed by atoms with Crippen LogP contribution in [0.15, 0.2) is 29.4 Å². The summed E-state index contributed by atoms with van der Waals surface area (Å²) in [5.74, 6) is 1.75. The molecule has 21 heavy (non-hydrogen) atoms. The van der Waals surface area contributed by atoms with Crippen molar-refractivity contribution in [1.29, 1.82) is 0 Å². The van der Waals surface area contributed by atoms with Crippen LogP contribution in [0.25, 0.3) is 0 Å². The van der Waals surface area contributed by atoms with Gasteiger partial charge in [0.15, 0.2) is 5.16 Å². The highest BCUT2D eigenvalue weighted by Crippen LogP contribution is 2.24. The van der Waals surface area contributed by atoms with Crippen LogP contribution in [-0.2, 0) is 5.75 Å². The van der Waals surface area contributed by atoms with Crippen molar-refractivity contribution in [3.63, 3.8) is 0 Å². The molecule has 0 unspecified atom stereocenters. The van der Waals surface area contributed by atoms with Crippen LogP contribution in [0.2, 0.25) is 5.02 Å². The molecule has 0 spiro atoms. The van der Waals surface area contributed by atoms with Crippen LogP contribution in [0.1, 0.15) is 18.4 Å². The minimum absolute atomic E-state index is 0.283. The van der Waals surface area contributed by atoms with Gasteiger partial charge in [-0.05, 0) is 30.5 Å². The summed E-state index contributed by atoms with van der Waals surface area (Å²) in [5.41, 5.74) is 6.97. The minimum atomic E-state index is 0.283. The smallest absolute Gasteiger partial charge is 0.231 e. The van der Waals surface area contributed by atoms with Crippen LogP contribution in [0.3, 0.4) is 0 Å². The molecule has 0 saturated carbocycles. The number of benzene rings is 1. The third-order valence-electron chi connectivity index (χ3n) is 3.29. The van der Waals surface area contributed by atoms with E-state index in [0.717, 1.165) is 23.9 Å². The molecule has 0 amide bonds. The first-order chi connectivity index (χ1) is 10.2. The van der Waals surface area contributed by atoms with Crippen LogP contribution >= 0.6 is 23.4 Å². The predicted molar refractivity (Wildman–Crippen MR) is 86.7 cm³/mol. The Bertz CT molecular complexity index is 613. The molecular formula is C14H16ClN5S. The lowest BCUT2D eigenvalue weighted by Gasteiger charge is -2.15. The number of hydrogen-bond donors (Lipinski definition) is 1. The molecule has 1 aliphatic rings. The maximum atomic E-state index is 5.88. The van der Waals surface area contributed by atoms with Crippen molar-refractivity contribution >= 4 is 35.3 Å². The molecule has 0 radical (unpaired) electrons. The molecule has 2 N–H and O–H groups in total. The molecule has 1 aliphatic heterocycles. The van der Waals surface area contributed by atoms with E-state index in [1.54, 1.807) is 11.8 Å². The second kappa shape index (κ2) is 6.49. The molecule has 7 heteroatoms. The summed E-state index contributed by atoms with van der Waals surface area (Å²) in [6.07, 6.45) is 2.36. The lowest BCUT2D eigenvalue weighted by Crippen LogP contribution is -2.21. The average Bonchev–Trinajstić information content (AvgIpc) is 3.00. The zero-order valence-corrected chi connectivity index (χ0v) is 13.1. The Labute approximate surface area is 132 Å². The summed E-state index contributed by atoms with van der Waals surface area (Å²) in [4.78, 5) is 15.1. The van der Waals surface area contributed by atoms with Crippen molar-refractivity contribution in [2.24, 2.45) is 0 Å². The molecule has 1 aromatic carbocycles. The Morgan fingerprint density at radius 1 is 1.10 bits per heavy atom. The third kappa shape index (κ3) is 3.77. The molecule has 0 atom stereocenters. The minimum Gasteiger partial charge on any atom is -0.368 e. The van der Waals surface area contributed by atoms with Gasteiger partial charge in [0.1, 0.15) is 0 Å². The van der Waals surface area contributed by atoms with E-state index < -0.39 is 0 Å². The van der Waals surface area contributed by atoms with Gasteiger partial charge in [-0.15, -0.1) is 0 Å². The van der Waals surface area contributed by atoms with Gasteiger partial charge in [0.25, 0.3) is 0 Å². The number of nitrogen functional groups attached to an aromatic ring is 1. The fraction of sp³-hybridized carbons (Fsp3) is 0.357. The highest BCUT2D eigenvalue weighted by molar-refractivity contribution is 7.98. The van der Waals surface area contributed by atoms with E-state index in [0.29, 0.717) is 11.1 Å². The second-order valence-electron chi connectivity index (χ2n) is 4.89. The first-order valence-electron chi connectivity index (χ1n) is 6.84. The molecule has 0 aliphatic carbocycles. The summed E-state index contributed by atoms with van der Waals surface area (Å²) >= 11 is 7.44. The van der Waals surface area contributed by atoms with E-state index in [4.69, 9.17) is 17.3 Å². The number of thioether (sulfide) groups is 1. The standard InChI is InChI=1S/C14H16ClN5S/c15-11-5-3-10(4-6-11)9-21-14-18-12(16)17-13(19-14)20-7-1-2-8-20/h3-6H,1-2,7-9H2,(H2,16,17,18,19). The van der Waals surface area contributed by atoms with E-state index in [1.165, 1.54) is 18.4 Å². The van der Waals surface area contributed by atoms with Crippen LogP contribution < -0.4 is 10.6 Å². The Balaban J connectivity index is 1.71. The highest BCUT2D eigenvalue weighted by atomic mass is 35.5. The van der Waals surface area contributed by atoms with Crippen molar-refractivity contribution in [2.75, 3.05) is 23.7 Å². The van der Waals surface area contributed by atoms with E-state index in [2.05, 4.69) is 19.9 Å². The number of nitrogens with zero attached hydrogens (tertiary/aromatic N) is 4. The Morgan fingerprint density at radius 2 is 1.81 bits per heavy atom. The largest absolute Gasteiger partial charge is 0.368 e. The average molecular weight is 322 g/mol. The maximum Gasteiger partial charge on any atom is 0.231 e. The summed E-state index contributed by atoms with van der Waals surface area (Å²) in [5, 5.41) is 1.41. The normalized spacial score (nSPS) is 14.6. The SMILES string of the molecule is Nc1nc(SCc2ccc(Cl)cc2)nc(N2CCCC2)n1. The van der Waals surface area contributed by atoms with Gasteiger partial charge in [0.2, 0.25) is 11.9 Å². The van der Waals surface area contributed by atoms with Gasteiger partial charge in [0.05, 0.1) is 0 Å². The second-order valence-corrected chi connectivity index (χ2v) is 6.26. The summed E-state index contributed by atoms with van der Waals surface area (Å²) in [6, 6.07) is 7.77. The summed E-state index contributed by atoms with van der Waals surface area (Å²) < 4.78 is 0. The summed E-state index contributed by atoms with van der Waals surface area (Å²) in [7, 11) is 0. The zero-order valence-electron chi connectivity index (χ0n) is 11.5. The lowest BCUT2D eigenvalue weighted by molar-refractivity contribution is 0.833. The number of anilines is 2. The predicted octanol–water partition coefficient (Wildman–Crippen LogP) is 3.00. The van der Waals surface area contributed by atoms with Crippen molar-refractivity contribution in [1.82, 2.24) is 15.0 Å². The molecule has 2 heterocycles. The van der Waals surface area contributed by atoms with Crippen molar-refractivity contribution < 1.29 is 0 Å². The quantitative estimate of drug-likeness (QED) is 0.873. The molecule has 0 bridgehead atoms. The molecular weight excluding hydrogens is 306 g/mol. The van der Waals surface area contributed by atoms with Crippen molar-refractivity contribution in [3.05, 3.63) is 34.9 Å². The first-order valence-corrected chi connectivity index (χ1v) is 8.21. The Hall–Kier alpha value is -1.53. The number of halogens is 1. The fourth-order valence-corrected chi connectivity index (χ4v) is 3.13. The molecule has 3 rings (SSSR count). The van der Waals surface area contributed by atoms with Crippen molar-refractivity contribution in [3.8, 4) is 0 Å². The van der Waals surface area contributed by atoms with Crippen LogP contribution in [0, 0.1) is 0 Å². The molecule has 110 valence electrons. The van der Waals surface area contributed by atoms with Gasteiger partial charge in [0, 0.05) is 23.9 Å². The Morgan fingerprint density at radius 3 is 2.52 bits per heavy atom. The van der Waals surface area contributed by atoms with Gasteiger partial charge in [-0.1, -0.05) is 35.5 Å². The van der Waals surface area contributed by atoms with Gasteiger partial charge >= 0.3 is 0 Å². The maximum absolute atomic E-state index is 5.88. The molecule has 1 aromatic heterocycles. The van der Waals surface area contributed by atoms with E-state index >= 15 is 0 Å². The lowest BCUT2D eigenvalue weighted by atomic mass is 10.2. The van der Waals surface area contributed by atoms with Crippen LogP contribution in [0.4, 0.5) is 11.9 Å². The monoisotopic (exact) mass is 321 g/mol. The Kier molecular flexibility index (Phi) is 4.45. The summed E-state index contributed by atoms with van der Waals surface area (Å²) in [6.45, 7) is 1.98. The van der Waals surface area contributed by atoms with Crippen LogP contribution in [0.5, 0.6) is 0 Å². The molecule has 5 nitrogen and oxygen atoms in total. The number of aromatic nitrogens is 3. The topological polar surface area (TPSA) is 67.9 Å². The van der Waals surface area contributed by atoms with Gasteiger partial charge in [-0.2, -0.15) is 15.0 Å². The number of hydrogen-bond acceptors (Lipinski definition) is 6. The van der Waals surface area contributed by atoms with Gasteiger partial charge in [-0.3, -0.25) is 0 Å². The molecule has 2 aromatic rings. The van der Waals surface area contributed by atoms with E-state index in [-0.39, 0.29) is 5.95 Å². The van der Waals surface area contributed by atoms with E-state index in [9.17, 15) is 0 Å². The zero-order chi connectivity index (χ0) is 14.7. The van der Waals surface area contributed by atoms with Crippen molar-refractivity contribution in [2.45, 2.75) is 23.8 Å². The van der Waals surface area contributed by atoms with Gasteiger partial charge < -0.3 is 10.6 Å². The number of rotatable bonds is 4. The number of nitrogens with two attached hydrogens (primary N) is 1. The molecule has 1 saturated heterocycles. The molecule has 1 fully saturated rings. The van der Waals surface area contributed by atoms with E-state index in [1.807, 2.05) is 24.3 Å². The highest BCUT2D eigenvalue weighted by Gasteiger charge is 2.16. The third-order valence-corrected chi connectivity index (χ3v) is 4.46. The fourth-order valence-electron chi connectivity index (χ4n) is 2.21. The van der Waals surface area contributed by atoms with Gasteiger partial charge in [-0.25, -0.2) is 0 Å². The first kappa shape index (κ1) is 14.4. The van der Waals surface area contributed by atoms with Crippen LogP contribution in [-0.4, -0.2) is 28.0 Å².